The molecular weight excluding hydrogens is 205 g/mol. The van der Waals surface area contributed by atoms with Crippen LogP contribution in [0.15, 0.2) is 5.16 Å². The Labute approximate surface area is 97.5 Å². The highest BCUT2D eigenvalue weighted by molar-refractivity contribution is 6.53. The fraction of sp³-hybridized carbons (Fsp3) is 0.909. The monoisotopic (exact) mass is 225 g/mol. The largest absolute Gasteiger partial charge is 0.471 e. The van der Waals surface area contributed by atoms with Crippen LogP contribution in [-0.2, 0) is 14.1 Å². The summed E-state index contributed by atoms with van der Waals surface area (Å²) in [5, 5.41) is 4.00. The number of hydrogen-bond acceptors (Lipinski definition) is 4. The molecule has 2 heterocycles. The van der Waals surface area contributed by atoms with Crippen molar-refractivity contribution in [1.29, 1.82) is 0 Å². The molecular formula is C11H20BNO3. The predicted octanol–water partition coefficient (Wildman–Crippen LogP) is 2.24. The third kappa shape index (κ3) is 1.66. The number of nitrogens with zero attached hydrogens (tertiary/aromatic N) is 1. The van der Waals surface area contributed by atoms with Crippen molar-refractivity contribution in [1.82, 2.24) is 0 Å². The highest BCUT2D eigenvalue weighted by atomic mass is 16.7. The van der Waals surface area contributed by atoms with E-state index >= 15 is 0 Å². The molecule has 0 saturated carbocycles. The third-order valence-corrected chi connectivity index (χ3v) is 3.92. The van der Waals surface area contributed by atoms with Crippen molar-refractivity contribution in [3.05, 3.63) is 0 Å². The molecule has 4 nitrogen and oxygen atoms in total. The quantitative estimate of drug-likeness (QED) is 0.642. The molecule has 0 aromatic rings. The molecule has 2 atom stereocenters. The molecule has 2 aliphatic rings. The van der Waals surface area contributed by atoms with Crippen molar-refractivity contribution < 1.29 is 14.1 Å². The Morgan fingerprint density at radius 2 is 1.62 bits per heavy atom. The van der Waals surface area contributed by atoms with Gasteiger partial charge in [0.25, 0.3) is 0 Å². The molecule has 0 radical (unpaired) electrons. The van der Waals surface area contributed by atoms with Crippen LogP contribution in [-0.4, -0.2) is 30.1 Å². The van der Waals surface area contributed by atoms with Crippen molar-refractivity contribution in [2.45, 2.75) is 64.7 Å². The van der Waals surface area contributed by atoms with E-state index in [0.717, 1.165) is 5.71 Å². The van der Waals surface area contributed by atoms with Gasteiger partial charge < -0.3 is 14.1 Å². The minimum absolute atomic E-state index is 0.0229. The molecule has 0 spiro atoms. The molecule has 0 aromatic carbocycles. The van der Waals surface area contributed by atoms with Gasteiger partial charge in [0, 0.05) is 0 Å². The Morgan fingerprint density at radius 3 is 2.00 bits per heavy atom. The number of oxime groups is 1. The first kappa shape index (κ1) is 11.9. The summed E-state index contributed by atoms with van der Waals surface area (Å²) in [5.41, 5.74) is 0.367. The lowest BCUT2D eigenvalue weighted by molar-refractivity contribution is 0.00578. The Balaban J connectivity index is 2.18. The summed E-state index contributed by atoms with van der Waals surface area (Å²) in [4.78, 5) is 5.25. The average molecular weight is 225 g/mol. The zero-order chi connectivity index (χ0) is 12.1. The van der Waals surface area contributed by atoms with Gasteiger partial charge in [0.05, 0.1) is 22.7 Å². The topological polar surface area (TPSA) is 40.0 Å². The van der Waals surface area contributed by atoms with E-state index in [1.54, 1.807) is 0 Å². The van der Waals surface area contributed by atoms with Gasteiger partial charge in [-0.3, -0.25) is 0 Å². The summed E-state index contributed by atoms with van der Waals surface area (Å²) in [6.07, 6.45) is 0.0229. The summed E-state index contributed by atoms with van der Waals surface area (Å²) in [5.74, 6) is 0.0982. The lowest BCUT2D eigenvalue weighted by atomic mass is 9.67. The van der Waals surface area contributed by atoms with Gasteiger partial charge in [0.2, 0.25) is 0 Å². The normalized spacial score (nSPS) is 36.1. The summed E-state index contributed by atoms with van der Waals surface area (Å²) in [6.45, 7) is 12.2. The van der Waals surface area contributed by atoms with Crippen LogP contribution in [0.1, 0.15) is 41.5 Å². The van der Waals surface area contributed by atoms with Crippen molar-refractivity contribution in [3.8, 4) is 0 Å². The molecule has 0 amide bonds. The van der Waals surface area contributed by atoms with Crippen molar-refractivity contribution in [2.75, 3.05) is 0 Å². The molecule has 0 bridgehead atoms. The molecule has 90 valence electrons. The third-order valence-electron chi connectivity index (χ3n) is 3.92. The molecule has 2 unspecified atom stereocenters. The summed E-state index contributed by atoms with van der Waals surface area (Å²) >= 11 is 0. The molecule has 0 aromatic heterocycles. The van der Waals surface area contributed by atoms with Crippen LogP contribution in [0.4, 0.5) is 0 Å². The minimum Gasteiger partial charge on any atom is -0.403 e. The van der Waals surface area contributed by atoms with E-state index in [-0.39, 0.29) is 30.2 Å². The van der Waals surface area contributed by atoms with Gasteiger partial charge in [0.1, 0.15) is 6.10 Å². The van der Waals surface area contributed by atoms with E-state index in [2.05, 4.69) is 32.9 Å². The van der Waals surface area contributed by atoms with E-state index in [9.17, 15) is 0 Å². The van der Waals surface area contributed by atoms with E-state index in [4.69, 9.17) is 14.1 Å². The number of rotatable bonds is 1. The van der Waals surface area contributed by atoms with Crippen LogP contribution in [0.2, 0.25) is 5.82 Å². The minimum atomic E-state index is -0.291. The first-order valence-electron chi connectivity index (χ1n) is 5.80. The Hall–Kier alpha value is -0.545. The SMILES string of the molecule is CC1=NOC(C)C1B1OC(C)(C)C(C)(C)O1. The van der Waals surface area contributed by atoms with Gasteiger partial charge >= 0.3 is 7.12 Å². The van der Waals surface area contributed by atoms with E-state index in [0.29, 0.717) is 0 Å². The summed E-state index contributed by atoms with van der Waals surface area (Å²) in [6, 6.07) is 0. The molecule has 0 N–H and O–H groups in total. The van der Waals surface area contributed by atoms with Crippen LogP contribution in [0.3, 0.4) is 0 Å². The standard InChI is InChI=1S/C11H20BNO3/c1-7-9(8(2)14-13-7)12-15-10(3,4)11(5,6)16-12/h8-9H,1-6H3. The zero-order valence-corrected chi connectivity index (χ0v) is 10.9. The van der Waals surface area contributed by atoms with Crippen LogP contribution in [0, 0.1) is 0 Å². The van der Waals surface area contributed by atoms with Gasteiger partial charge in [0.15, 0.2) is 0 Å². The Morgan fingerprint density at radius 1 is 1.12 bits per heavy atom. The lowest BCUT2D eigenvalue weighted by Gasteiger charge is -2.32. The smallest absolute Gasteiger partial charge is 0.403 e. The average Bonchev–Trinajstić information content (AvgIpc) is 2.52. The van der Waals surface area contributed by atoms with Crippen molar-refractivity contribution in [3.63, 3.8) is 0 Å². The molecule has 5 heteroatoms. The van der Waals surface area contributed by atoms with Crippen molar-refractivity contribution >= 4 is 12.8 Å². The molecule has 1 saturated heterocycles. The van der Waals surface area contributed by atoms with E-state index in [1.807, 2.05) is 13.8 Å². The number of hydrogen-bond donors (Lipinski definition) is 0. The molecule has 0 aliphatic carbocycles. The van der Waals surface area contributed by atoms with E-state index in [1.165, 1.54) is 0 Å². The van der Waals surface area contributed by atoms with E-state index < -0.39 is 0 Å². The van der Waals surface area contributed by atoms with Gasteiger partial charge in [-0.05, 0) is 41.5 Å². The van der Waals surface area contributed by atoms with Crippen LogP contribution in [0.25, 0.3) is 0 Å². The summed E-state index contributed by atoms with van der Waals surface area (Å²) < 4.78 is 12.0. The highest BCUT2D eigenvalue weighted by Gasteiger charge is 2.56. The van der Waals surface area contributed by atoms with Gasteiger partial charge in [-0.2, -0.15) is 0 Å². The maximum absolute atomic E-state index is 6.01. The lowest BCUT2D eigenvalue weighted by Crippen LogP contribution is -2.41. The zero-order valence-electron chi connectivity index (χ0n) is 10.9. The Kier molecular flexibility index (Phi) is 2.59. The maximum atomic E-state index is 6.01. The molecule has 16 heavy (non-hydrogen) atoms. The summed E-state index contributed by atoms with van der Waals surface area (Å²) in [7, 11) is -0.258. The van der Waals surface area contributed by atoms with Crippen LogP contribution < -0.4 is 0 Å². The molecule has 2 aliphatic heterocycles. The van der Waals surface area contributed by atoms with Gasteiger partial charge in [-0.1, -0.05) is 5.16 Å². The molecule has 2 rings (SSSR count). The first-order valence-corrected chi connectivity index (χ1v) is 5.80. The van der Waals surface area contributed by atoms with Crippen molar-refractivity contribution in [2.24, 2.45) is 5.16 Å². The van der Waals surface area contributed by atoms with Crippen LogP contribution >= 0.6 is 0 Å². The van der Waals surface area contributed by atoms with Gasteiger partial charge in [-0.25, -0.2) is 0 Å². The maximum Gasteiger partial charge on any atom is 0.471 e. The second kappa shape index (κ2) is 3.47. The van der Waals surface area contributed by atoms with Crippen LogP contribution in [0.5, 0.6) is 0 Å². The Bertz CT molecular complexity index is 311. The first-order chi connectivity index (χ1) is 7.24. The fourth-order valence-corrected chi connectivity index (χ4v) is 2.09. The molecule has 1 fully saturated rings. The van der Waals surface area contributed by atoms with Gasteiger partial charge in [-0.15, -0.1) is 0 Å². The second-order valence-corrected chi connectivity index (χ2v) is 5.69. The highest BCUT2D eigenvalue weighted by Crippen LogP contribution is 2.42. The second-order valence-electron chi connectivity index (χ2n) is 5.69. The predicted molar refractivity (Wildman–Crippen MR) is 63.5 cm³/mol. The fourth-order valence-electron chi connectivity index (χ4n) is 2.09.